The largest absolute Gasteiger partial charge is 0.455 e. The molecule has 0 aliphatic carbocycles. The summed E-state index contributed by atoms with van der Waals surface area (Å²) in [4.78, 5) is 2.46. The van der Waals surface area contributed by atoms with Crippen molar-refractivity contribution < 1.29 is 4.42 Å². The van der Waals surface area contributed by atoms with Gasteiger partial charge in [-0.2, -0.15) is 0 Å². The highest BCUT2D eigenvalue weighted by Gasteiger charge is 2.23. The van der Waals surface area contributed by atoms with Gasteiger partial charge in [0, 0.05) is 33.3 Å². The topological polar surface area (TPSA) is 16.4 Å². The number of rotatable bonds is 5. The zero-order chi connectivity index (χ0) is 41.9. The molecule has 0 radical (unpaired) electrons. The number of para-hydroxylation sites is 3. The molecular formula is C62H37NO. The fourth-order valence-electron chi connectivity index (χ4n) is 10.9. The minimum absolute atomic E-state index is 0.890. The first-order chi connectivity index (χ1) is 31.7. The highest BCUT2D eigenvalue weighted by atomic mass is 16.3. The van der Waals surface area contributed by atoms with Crippen LogP contribution in [0.15, 0.2) is 229 Å². The normalized spacial score (nSPS) is 12.1. The van der Waals surface area contributed by atoms with Gasteiger partial charge in [0.15, 0.2) is 0 Å². The van der Waals surface area contributed by atoms with E-state index in [0.29, 0.717) is 0 Å². The molecule has 1 aromatic heterocycles. The first-order valence-corrected chi connectivity index (χ1v) is 22.1. The molecule has 2 heteroatoms. The molecule has 14 aromatic rings. The summed E-state index contributed by atoms with van der Waals surface area (Å²) in [5.74, 6) is 0. The van der Waals surface area contributed by atoms with Crippen LogP contribution in [-0.4, -0.2) is 0 Å². The Morgan fingerprint density at radius 3 is 1.53 bits per heavy atom. The molecule has 0 saturated carbocycles. The van der Waals surface area contributed by atoms with E-state index in [4.69, 9.17) is 4.42 Å². The molecule has 0 N–H and O–H groups in total. The monoisotopic (exact) mass is 811 g/mol. The van der Waals surface area contributed by atoms with Crippen molar-refractivity contribution in [1.82, 2.24) is 0 Å². The molecule has 0 spiro atoms. The van der Waals surface area contributed by atoms with Crippen LogP contribution >= 0.6 is 0 Å². The molecule has 0 saturated heterocycles. The SMILES string of the molecule is c1ccc(N(c2ccc(-c3cccc4ccccc34)cc2)c2cc3ccc4cccc5c6cccc7ccc8cccc(c(c2)c3c45)c8c76)c(-c2cccc3c2oc2ccccc23)c1. The summed E-state index contributed by atoms with van der Waals surface area (Å²) in [6.45, 7) is 0. The van der Waals surface area contributed by atoms with Crippen LogP contribution in [0.1, 0.15) is 0 Å². The second-order valence-electron chi connectivity index (χ2n) is 17.1. The van der Waals surface area contributed by atoms with Gasteiger partial charge in [0.2, 0.25) is 0 Å². The number of benzene rings is 12. The third kappa shape index (κ3) is 5.08. The molecule has 14 rings (SSSR count). The third-order valence-corrected chi connectivity index (χ3v) is 13.7. The number of hydrogen-bond acceptors (Lipinski definition) is 2. The third-order valence-electron chi connectivity index (χ3n) is 13.7. The van der Waals surface area contributed by atoms with Crippen molar-refractivity contribution in [3.63, 3.8) is 0 Å². The molecule has 0 fully saturated rings. The van der Waals surface area contributed by atoms with Crippen LogP contribution in [0.3, 0.4) is 0 Å². The summed E-state index contributed by atoms with van der Waals surface area (Å²) < 4.78 is 6.72. The van der Waals surface area contributed by atoms with Gasteiger partial charge in [0.05, 0.1) is 5.69 Å². The lowest BCUT2D eigenvalue weighted by atomic mass is 9.87. The molecule has 2 nitrogen and oxygen atoms in total. The zero-order valence-corrected chi connectivity index (χ0v) is 34.7. The zero-order valence-electron chi connectivity index (χ0n) is 34.7. The van der Waals surface area contributed by atoms with Crippen molar-refractivity contribution in [2.75, 3.05) is 4.90 Å². The molecule has 0 bridgehead atoms. The molecular weight excluding hydrogens is 775 g/mol. The van der Waals surface area contributed by atoms with Gasteiger partial charge in [-0.1, -0.05) is 188 Å². The number of nitrogens with zero attached hydrogens (tertiary/aromatic N) is 1. The first kappa shape index (κ1) is 35.2. The minimum Gasteiger partial charge on any atom is -0.455 e. The van der Waals surface area contributed by atoms with Crippen LogP contribution in [0.4, 0.5) is 17.1 Å². The summed E-state index contributed by atoms with van der Waals surface area (Å²) in [6.07, 6.45) is 0. The lowest BCUT2D eigenvalue weighted by Crippen LogP contribution is -2.11. The summed E-state index contributed by atoms with van der Waals surface area (Å²) >= 11 is 0. The Labute approximate surface area is 368 Å². The molecule has 1 heterocycles. The lowest BCUT2D eigenvalue weighted by molar-refractivity contribution is 0.670. The van der Waals surface area contributed by atoms with Crippen LogP contribution in [-0.2, 0) is 0 Å². The number of anilines is 3. The summed E-state index contributed by atoms with van der Waals surface area (Å²) in [5.41, 5.74) is 9.55. The van der Waals surface area contributed by atoms with E-state index >= 15 is 0 Å². The second kappa shape index (κ2) is 13.5. The van der Waals surface area contributed by atoms with Crippen LogP contribution < -0.4 is 4.90 Å². The van der Waals surface area contributed by atoms with Gasteiger partial charge in [-0.25, -0.2) is 0 Å². The minimum atomic E-state index is 0.890. The second-order valence-corrected chi connectivity index (χ2v) is 17.1. The quantitative estimate of drug-likeness (QED) is 0.161. The number of hydrogen-bond donors (Lipinski definition) is 0. The molecule has 0 aliphatic rings. The summed E-state index contributed by atoms with van der Waals surface area (Å²) in [7, 11) is 0. The van der Waals surface area contributed by atoms with E-state index < -0.39 is 0 Å². The van der Waals surface area contributed by atoms with Crippen molar-refractivity contribution >= 4 is 114 Å². The maximum atomic E-state index is 6.72. The Bertz CT molecular complexity index is 4180. The van der Waals surface area contributed by atoms with Crippen LogP contribution in [0, 0.1) is 0 Å². The van der Waals surface area contributed by atoms with Gasteiger partial charge in [-0.15, -0.1) is 0 Å². The van der Waals surface area contributed by atoms with Crippen molar-refractivity contribution in [3.8, 4) is 22.3 Å². The van der Waals surface area contributed by atoms with Crippen molar-refractivity contribution in [3.05, 3.63) is 224 Å². The molecule has 0 aliphatic heterocycles. The first-order valence-electron chi connectivity index (χ1n) is 22.1. The van der Waals surface area contributed by atoms with Gasteiger partial charge in [-0.3, -0.25) is 0 Å². The molecule has 64 heavy (non-hydrogen) atoms. The van der Waals surface area contributed by atoms with E-state index in [2.05, 4.69) is 223 Å². The molecule has 0 amide bonds. The van der Waals surface area contributed by atoms with E-state index in [0.717, 1.165) is 50.1 Å². The number of fused-ring (bicyclic) bond motifs is 6. The van der Waals surface area contributed by atoms with Gasteiger partial charge in [0.1, 0.15) is 11.2 Å². The Hall–Kier alpha value is -8.46. The number of furan rings is 1. The van der Waals surface area contributed by atoms with Gasteiger partial charge in [-0.05, 0) is 123 Å². The average molecular weight is 812 g/mol. The van der Waals surface area contributed by atoms with Crippen molar-refractivity contribution in [2.24, 2.45) is 0 Å². The van der Waals surface area contributed by atoms with E-state index in [1.54, 1.807) is 0 Å². The van der Waals surface area contributed by atoms with Gasteiger partial charge < -0.3 is 9.32 Å². The van der Waals surface area contributed by atoms with E-state index in [1.165, 1.54) is 86.5 Å². The Kier molecular flexibility index (Phi) is 7.43. The van der Waals surface area contributed by atoms with E-state index in [1.807, 2.05) is 6.07 Å². The molecule has 13 aromatic carbocycles. The summed E-state index contributed by atoms with van der Waals surface area (Å²) in [5, 5.41) is 19.9. The maximum absolute atomic E-state index is 6.72. The maximum Gasteiger partial charge on any atom is 0.143 e. The highest BCUT2D eigenvalue weighted by Crippen LogP contribution is 2.49. The fourth-order valence-corrected chi connectivity index (χ4v) is 10.9. The summed E-state index contributed by atoms with van der Waals surface area (Å²) in [6, 6.07) is 82.6. The van der Waals surface area contributed by atoms with Crippen molar-refractivity contribution in [1.29, 1.82) is 0 Å². The molecule has 0 unspecified atom stereocenters. The molecule has 296 valence electrons. The van der Waals surface area contributed by atoms with Crippen LogP contribution in [0.2, 0.25) is 0 Å². The molecule has 0 atom stereocenters. The lowest BCUT2D eigenvalue weighted by Gasteiger charge is -2.29. The fraction of sp³-hybridized carbons (Fsp3) is 0. The Morgan fingerprint density at radius 1 is 0.281 bits per heavy atom. The predicted molar refractivity (Wildman–Crippen MR) is 273 cm³/mol. The smallest absolute Gasteiger partial charge is 0.143 e. The Balaban J connectivity index is 1.09. The van der Waals surface area contributed by atoms with E-state index in [-0.39, 0.29) is 0 Å². The van der Waals surface area contributed by atoms with Crippen LogP contribution in [0.25, 0.3) is 120 Å². The average Bonchev–Trinajstić information content (AvgIpc) is 3.74. The van der Waals surface area contributed by atoms with Gasteiger partial charge >= 0.3 is 0 Å². The predicted octanol–water partition coefficient (Wildman–Crippen LogP) is 17.9. The van der Waals surface area contributed by atoms with Crippen LogP contribution in [0.5, 0.6) is 0 Å². The van der Waals surface area contributed by atoms with E-state index in [9.17, 15) is 0 Å². The van der Waals surface area contributed by atoms with Crippen molar-refractivity contribution in [2.45, 2.75) is 0 Å². The highest BCUT2D eigenvalue weighted by molar-refractivity contribution is 6.37. The Morgan fingerprint density at radius 2 is 0.781 bits per heavy atom. The van der Waals surface area contributed by atoms with Gasteiger partial charge in [0.25, 0.3) is 0 Å². The standard InChI is InChI=1S/C62H37NO/c1-2-17-46-38(12-1)13-7-20-47(46)39-32-34-44(35-33-39)63(56-26-5-3-18-48(56)53-24-11-25-54-49-19-4-6-27-57(49)64-62(53)54)45-36-43-31-30-42-15-9-22-51-50-21-8-14-40-28-29-41-16-10-23-52(60(41)58(40)50)55(37-45)61(43)59(42)51/h1-37H.